The summed E-state index contributed by atoms with van der Waals surface area (Å²) in [6.45, 7) is 3.16. The van der Waals surface area contributed by atoms with E-state index in [-0.39, 0.29) is 12.1 Å². The van der Waals surface area contributed by atoms with E-state index in [1.807, 2.05) is 18.2 Å². The highest BCUT2D eigenvalue weighted by atomic mass is 16.5. The van der Waals surface area contributed by atoms with Crippen molar-refractivity contribution in [2.24, 2.45) is 0 Å². The van der Waals surface area contributed by atoms with Crippen molar-refractivity contribution < 1.29 is 9.53 Å². The van der Waals surface area contributed by atoms with E-state index >= 15 is 0 Å². The number of carbonyl (C=O) groups is 1. The molecule has 16 heavy (non-hydrogen) atoms. The molecule has 0 spiro atoms. The van der Waals surface area contributed by atoms with E-state index in [0.717, 1.165) is 12.8 Å². The fourth-order valence-electron chi connectivity index (χ4n) is 1.46. The zero-order valence-corrected chi connectivity index (χ0v) is 9.69. The second-order valence-corrected chi connectivity index (χ2v) is 3.52. The predicted molar refractivity (Wildman–Crippen MR) is 63.8 cm³/mol. The number of aryl methyl sites for hydroxylation is 1. The van der Waals surface area contributed by atoms with Gasteiger partial charge in [0.2, 0.25) is 0 Å². The zero-order valence-electron chi connectivity index (χ0n) is 9.69. The SMILES string of the molecule is CC#CC(CCc1ccccc1)OC(C)=O. The molecule has 0 amide bonds. The van der Waals surface area contributed by atoms with Crippen LogP contribution in [0.15, 0.2) is 30.3 Å². The van der Waals surface area contributed by atoms with Crippen LogP contribution in [0.3, 0.4) is 0 Å². The average Bonchev–Trinajstić information content (AvgIpc) is 2.27. The summed E-state index contributed by atoms with van der Waals surface area (Å²) in [6, 6.07) is 10.1. The van der Waals surface area contributed by atoms with Crippen LogP contribution in [-0.4, -0.2) is 12.1 Å². The third-order valence-electron chi connectivity index (χ3n) is 2.15. The maximum Gasteiger partial charge on any atom is 0.303 e. The Labute approximate surface area is 96.6 Å². The lowest BCUT2D eigenvalue weighted by Gasteiger charge is -2.10. The Morgan fingerprint density at radius 1 is 1.38 bits per heavy atom. The van der Waals surface area contributed by atoms with Gasteiger partial charge < -0.3 is 4.74 Å². The average molecular weight is 216 g/mol. The topological polar surface area (TPSA) is 26.3 Å². The minimum atomic E-state index is -0.289. The zero-order chi connectivity index (χ0) is 11.8. The molecule has 2 nitrogen and oxygen atoms in total. The molecule has 1 aromatic carbocycles. The molecule has 0 aliphatic carbocycles. The quantitative estimate of drug-likeness (QED) is 0.571. The van der Waals surface area contributed by atoms with E-state index in [0.29, 0.717) is 0 Å². The number of carbonyl (C=O) groups excluding carboxylic acids is 1. The maximum absolute atomic E-state index is 10.9. The van der Waals surface area contributed by atoms with Crippen molar-refractivity contribution in [3.05, 3.63) is 35.9 Å². The smallest absolute Gasteiger partial charge is 0.303 e. The first-order valence-electron chi connectivity index (χ1n) is 5.36. The first kappa shape index (κ1) is 12.3. The Balaban J connectivity index is 2.49. The molecular formula is C14H16O2. The summed E-state index contributed by atoms with van der Waals surface area (Å²) in [5, 5.41) is 0. The van der Waals surface area contributed by atoms with Crippen molar-refractivity contribution >= 4 is 5.97 Å². The normalized spacial score (nSPS) is 11.1. The number of rotatable bonds is 4. The van der Waals surface area contributed by atoms with Crippen LogP contribution in [0.1, 0.15) is 25.8 Å². The van der Waals surface area contributed by atoms with Gasteiger partial charge in [-0.2, -0.15) is 0 Å². The molecule has 0 aliphatic rings. The second-order valence-electron chi connectivity index (χ2n) is 3.52. The highest BCUT2D eigenvalue weighted by Crippen LogP contribution is 2.07. The van der Waals surface area contributed by atoms with Crippen molar-refractivity contribution in [3.8, 4) is 11.8 Å². The summed E-state index contributed by atoms with van der Waals surface area (Å²) in [6.07, 6.45) is 1.32. The fraction of sp³-hybridized carbons (Fsp3) is 0.357. The van der Waals surface area contributed by atoms with E-state index in [4.69, 9.17) is 4.74 Å². The summed E-state index contributed by atoms with van der Waals surface area (Å²) in [5.74, 6) is 5.40. The number of hydrogen-bond donors (Lipinski definition) is 0. The number of hydrogen-bond acceptors (Lipinski definition) is 2. The van der Waals surface area contributed by atoms with E-state index in [1.165, 1.54) is 12.5 Å². The van der Waals surface area contributed by atoms with Gasteiger partial charge >= 0.3 is 5.97 Å². The third kappa shape index (κ3) is 4.65. The van der Waals surface area contributed by atoms with E-state index in [1.54, 1.807) is 6.92 Å². The Kier molecular flexibility index (Phi) is 5.15. The van der Waals surface area contributed by atoms with Crippen molar-refractivity contribution in [2.75, 3.05) is 0 Å². The van der Waals surface area contributed by atoms with Gasteiger partial charge in [0.1, 0.15) is 0 Å². The first-order valence-corrected chi connectivity index (χ1v) is 5.36. The van der Waals surface area contributed by atoms with Gasteiger partial charge in [-0.3, -0.25) is 4.79 Å². The van der Waals surface area contributed by atoms with E-state index in [9.17, 15) is 4.79 Å². The molecule has 0 N–H and O–H groups in total. The van der Waals surface area contributed by atoms with Gasteiger partial charge in [-0.25, -0.2) is 0 Å². The summed E-state index contributed by atoms with van der Waals surface area (Å²) in [5.41, 5.74) is 1.23. The van der Waals surface area contributed by atoms with Crippen LogP contribution in [0, 0.1) is 11.8 Å². The third-order valence-corrected chi connectivity index (χ3v) is 2.15. The first-order chi connectivity index (χ1) is 7.72. The molecule has 0 saturated heterocycles. The molecule has 1 aromatic rings. The van der Waals surface area contributed by atoms with Crippen molar-refractivity contribution in [2.45, 2.75) is 32.8 Å². The Morgan fingerprint density at radius 3 is 2.62 bits per heavy atom. The van der Waals surface area contributed by atoms with Crippen LogP contribution >= 0.6 is 0 Å². The van der Waals surface area contributed by atoms with Gasteiger partial charge in [0.15, 0.2) is 6.10 Å². The molecule has 2 heteroatoms. The van der Waals surface area contributed by atoms with Crippen molar-refractivity contribution in [3.63, 3.8) is 0 Å². The van der Waals surface area contributed by atoms with Crippen LogP contribution in [0.4, 0.5) is 0 Å². The molecule has 0 radical (unpaired) electrons. The van der Waals surface area contributed by atoms with Gasteiger partial charge in [0.25, 0.3) is 0 Å². The van der Waals surface area contributed by atoms with Gasteiger partial charge in [-0.1, -0.05) is 36.3 Å². The highest BCUT2D eigenvalue weighted by Gasteiger charge is 2.08. The van der Waals surface area contributed by atoms with Crippen LogP contribution in [0.25, 0.3) is 0 Å². The lowest BCUT2D eigenvalue weighted by molar-refractivity contribution is -0.143. The Morgan fingerprint density at radius 2 is 2.06 bits per heavy atom. The highest BCUT2D eigenvalue weighted by molar-refractivity contribution is 5.66. The standard InChI is InChI=1S/C14H16O2/c1-3-7-14(16-12(2)15)11-10-13-8-5-4-6-9-13/h4-6,8-9,14H,10-11H2,1-2H3. The monoisotopic (exact) mass is 216 g/mol. The molecule has 0 heterocycles. The number of benzene rings is 1. The minimum absolute atomic E-state index is 0.277. The van der Waals surface area contributed by atoms with Crippen molar-refractivity contribution in [1.82, 2.24) is 0 Å². The molecule has 84 valence electrons. The van der Waals surface area contributed by atoms with E-state index in [2.05, 4.69) is 24.0 Å². The van der Waals surface area contributed by atoms with E-state index < -0.39 is 0 Å². The van der Waals surface area contributed by atoms with Crippen LogP contribution in [0.2, 0.25) is 0 Å². The summed E-state index contributed by atoms with van der Waals surface area (Å²) < 4.78 is 5.10. The van der Waals surface area contributed by atoms with Crippen LogP contribution in [-0.2, 0) is 16.0 Å². The van der Waals surface area contributed by atoms with Gasteiger partial charge in [-0.15, -0.1) is 5.92 Å². The molecule has 0 fully saturated rings. The lowest BCUT2D eigenvalue weighted by Crippen LogP contribution is -2.15. The molecule has 1 atom stereocenters. The lowest BCUT2D eigenvalue weighted by atomic mass is 10.1. The van der Waals surface area contributed by atoms with Gasteiger partial charge in [-0.05, 0) is 25.3 Å². The minimum Gasteiger partial charge on any atom is -0.449 e. The summed E-state index contributed by atoms with van der Waals surface area (Å²) >= 11 is 0. The fourth-order valence-corrected chi connectivity index (χ4v) is 1.46. The Bertz CT molecular complexity index is 384. The molecular weight excluding hydrogens is 200 g/mol. The molecule has 1 rings (SSSR count). The molecule has 1 unspecified atom stereocenters. The summed E-state index contributed by atoms with van der Waals surface area (Å²) in [4.78, 5) is 10.9. The number of ether oxygens (including phenoxy) is 1. The van der Waals surface area contributed by atoms with Crippen LogP contribution in [0.5, 0.6) is 0 Å². The molecule has 0 aromatic heterocycles. The van der Waals surface area contributed by atoms with Gasteiger partial charge in [0, 0.05) is 6.92 Å². The van der Waals surface area contributed by atoms with Gasteiger partial charge in [0.05, 0.1) is 0 Å². The largest absolute Gasteiger partial charge is 0.449 e. The van der Waals surface area contributed by atoms with Crippen LogP contribution < -0.4 is 0 Å². The summed E-state index contributed by atoms with van der Waals surface area (Å²) in [7, 11) is 0. The second kappa shape index (κ2) is 6.68. The van der Waals surface area contributed by atoms with Crippen molar-refractivity contribution in [1.29, 1.82) is 0 Å². The molecule has 0 bridgehead atoms. The number of esters is 1. The Hall–Kier alpha value is -1.75. The predicted octanol–water partition coefficient (Wildman–Crippen LogP) is 2.57. The maximum atomic E-state index is 10.9. The molecule has 0 saturated carbocycles. The molecule has 0 aliphatic heterocycles.